The van der Waals surface area contributed by atoms with Gasteiger partial charge in [0.1, 0.15) is 0 Å². The van der Waals surface area contributed by atoms with Gasteiger partial charge in [-0.3, -0.25) is 9.80 Å². The average molecular weight is 267 g/mol. The monoisotopic (exact) mass is 267 g/mol. The zero-order valence-electron chi connectivity index (χ0n) is 12.3. The van der Waals surface area contributed by atoms with Crippen LogP contribution >= 0.6 is 0 Å². The smallest absolute Gasteiger partial charge is 0.0510 e. The fraction of sp³-hybridized carbons (Fsp3) is 1.00. The average Bonchev–Trinajstić information content (AvgIpc) is 2.93. The lowest BCUT2D eigenvalue weighted by atomic mass is 9.94. The lowest BCUT2D eigenvalue weighted by Crippen LogP contribution is -2.60. The third kappa shape index (κ3) is 3.13. The number of rotatable bonds is 3. The third-order valence-electron chi connectivity index (χ3n) is 5.33. The molecule has 19 heavy (non-hydrogen) atoms. The Kier molecular flexibility index (Phi) is 4.42. The molecule has 3 fully saturated rings. The molecule has 0 spiro atoms. The van der Waals surface area contributed by atoms with Crippen LogP contribution in [0.15, 0.2) is 0 Å². The van der Waals surface area contributed by atoms with Crippen molar-refractivity contribution in [2.45, 2.75) is 50.7 Å². The molecule has 3 heterocycles. The third-order valence-corrected chi connectivity index (χ3v) is 5.33. The van der Waals surface area contributed by atoms with E-state index in [1.54, 1.807) is 0 Å². The topological polar surface area (TPSA) is 41.7 Å². The van der Waals surface area contributed by atoms with Crippen LogP contribution in [0.25, 0.3) is 0 Å². The Hall–Kier alpha value is -0.160. The molecule has 0 aromatic carbocycles. The summed E-state index contributed by atoms with van der Waals surface area (Å²) < 4.78 is 5.47. The summed E-state index contributed by atoms with van der Waals surface area (Å²) in [6.07, 6.45) is 5.33. The van der Waals surface area contributed by atoms with E-state index in [-0.39, 0.29) is 0 Å². The van der Waals surface area contributed by atoms with Gasteiger partial charge >= 0.3 is 0 Å². The van der Waals surface area contributed by atoms with Gasteiger partial charge in [-0.25, -0.2) is 0 Å². The second-order valence-corrected chi connectivity index (χ2v) is 6.73. The zero-order valence-corrected chi connectivity index (χ0v) is 12.3. The van der Waals surface area contributed by atoms with Crippen molar-refractivity contribution in [1.82, 2.24) is 9.80 Å². The van der Waals surface area contributed by atoms with E-state index in [4.69, 9.17) is 10.5 Å². The Morgan fingerprint density at radius 1 is 1.26 bits per heavy atom. The predicted molar refractivity (Wildman–Crippen MR) is 77.1 cm³/mol. The highest BCUT2D eigenvalue weighted by molar-refractivity contribution is 4.91. The van der Waals surface area contributed by atoms with Crippen LogP contribution in [-0.2, 0) is 4.74 Å². The number of ether oxygens (including phenoxy) is 1. The van der Waals surface area contributed by atoms with Gasteiger partial charge in [0.2, 0.25) is 0 Å². The molecule has 3 saturated heterocycles. The highest BCUT2D eigenvalue weighted by Gasteiger charge is 2.34. The van der Waals surface area contributed by atoms with Crippen LogP contribution in [0.1, 0.15) is 32.6 Å². The molecular formula is C15H29N3O. The van der Waals surface area contributed by atoms with Crippen LogP contribution in [-0.4, -0.2) is 67.3 Å². The fourth-order valence-electron chi connectivity index (χ4n) is 3.98. The largest absolute Gasteiger partial charge is 0.381 e. The van der Waals surface area contributed by atoms with Crippen molar-refractivity contribution in [2.75, 3.05) is 39.4 Å². The second-order valence-electron chi connectivity index (χ2n) is 6.73. The molecule has 4 unspecified atom stereocenters. The maximum atomic E-state index is 6.40. The minimum atomic E-state index is 0.292. The van der Waals surface area contributed by atoms with Crippen molar-refractivity contribution >= 4 is 0 Å². The second kappa shape index (κ2) is 6.08. The molecule has 3 rings (SSSR count). The quantitative estimate of drug-likeness (QED) is 0.825. The standard InChI is InChI=1S/C15H29N3O/c1-12-8-17-6-3-2-4-14(17)9-18(12)10-15(16)13-5-7-19-11-13/h12-15H,2-11,16H2,1H3. The Bertz CT molecular complexity index is 293. The summed E-state index contributed by atoms with van der Waals surface area (Å²) in [5.74, 6) is 0.580. The normalized spacial score (nSPS) is 39.2. The summed E-state index contributed by atoms with van der Waals surface area (Å²) in [5.41, 5.74) is 6.40. The van der Waals surface area contributed by atoms with Crippen LogP contribution in [0.5, 0.6) is 0 Å². The molecule has 110 valence electrons. The molecule has 0 aliphatic carbocycles. The molecule has 0 aromatic heterocycles. The van der Waals surface area contributed by atoms with Gasteiger partial charge in [0.15, 0.2) is 0 Å². The van der Waals surface area contributed by atoms with Crippen LogP contribution in [0.2, 0.25) is 0 Å². The predicted octanol–water partition coefficient (Wildman–Crippen LogP) is 0.909. The molecule has 0 aromatic rings. The van der Waals surface area contributed by atoms with Crippen LogP contribution in [0.4, 0.5) is 0 Å². The van der Waals surface area contributed by atoms with E-state index in [1.165, 1.54) is 38.9 Å². The van der Waals surface area contributed by atoms with Gasteiger partial charge in [-0.2, -0.15) is 0 Å². The van der Waals surface area contributed by atoms with E-state index >= 15 is 0 Å². The van der Waals surface area contributed by atoms with E-state index in [0.29, 0.717) is 18.0 Å². The van der Waals surface area contributed by atoms with Crippen LogP contribution in [0, 0.1) is 5.92 Å². The maximum absolute atomic E-state index is 6.40. The van der Waals surface area contributed by atoms with Gasteiger partial charge in [-0.1, -0.05) is 6.42 Å². The van der Waals surface area contributed by atoms with E-state index in [2.05, 4.69) is 16.7 Å². The first kappa shape index (κ1) is 13.8. The molecule has 4 heteroatoms. The van der Waals surface area contributed by atoms with E-state index < -0.39 is 0 Å². The lowest BCUT2D eigenvalue weighted by Gasteiger charge is -2.48. The number of hydrogen-bond acceptors (Lipinski definition) is 4. The van der Waals surface area contributed by atoms with Gasteiger partial charge in [0.25, 0.3) is 0 Å². The fourth-order valence-corrected chi connectivity index (χ4v) is 3.98. The van der Waals surface area contributed by atoms with E-state index in [0.717, 1.165) is 32.2 Å². The van der Waals surface area contributed by atoms with E-state index in [1.807, 2.05) is 0 Å². The summed E-state index contributed by atoms with van der Waals surface area (Å²) in [6.45, 7) is 8.97. The first-order chi connectivity index (χ1) is 9.24. The van der Waals surface area contributed by atoms with Crippen molar-refractivity contribution in [3.63, 3.8) is 0 Å². The van der Waals surface area contributed by atoms with Crippen molar-refractivity contribution in [2.24, 2.45) is 11.7 Å². The molecule has 0 saturated carbocycles. The molecule has 2 N–H and O–H groups in total. The number of piperidine rings is 1. The van der Waals surface area contributed by atoms with Crippen molar-refractivity contribution in [3.8, 4) is 0 Å². The first-order valence-electron chi connectivity index (χ1n) is 8.05. The minimum absolute atomic E-state index is 0.292. The van der Waals surface area contributed by atoms with Gasteiger partial charge < -0.3 is 10.5 Å². The maximum Gasteiger partial charge on any atom is 0.0510 e. The Morgan fingerprint density at radius 2 is 2.16 bits per heavy atom. The Labute approximate surface area is 117 Å². The molecule has 4 nitrogen and oxygen atoms in total. The first-order valence-corrected chi connectivity index (χ1v) is 8.05. The SMILES string of the molecule is CC1CN2CCCCC2CN1CC(N)C1CCOC1. The number of fused-ring (bicyclic) bond motifs is 1. The van der Waals surface area contributed by atoms with E-state index in [9.17, 15) is 0 Å². The molecular weight excluding hydrogens is 238 g/mol. The minimum Gasteiger partial charge on any atom is -0.381 e. The van der Waals surface area contributed by atoms with Gasteiger partial charge in [-0.15, -0.1) is 0 Å². The van der Waals surface area contributed by atoms with Gasteiger partial charge in [0, 0.05) is 50.3 Å². The summed E-state index contributed by atoms with van der Waals surface area (Å²) in [6, 6.07) is 1.74. The summed E-state index contributed by atoms with van der Waals surface area (Å²) >= 11 is 0. The van der Waals surface area contributed by atoms with Gasteiger partial charge in [-0.05, 0) is 32.7 Å². The van der Waals surface area contributed by atoms with Crippen molar-refractivity contribution in [3.05, 3.63) is 0 Å². The highest BCUT2D eigenvalue weighted by atomic mass is 16.5. The van der Waals surface area contributed by atoms with Crippen LogP contribution < -0.4 is 5.73 Å². The molecule has 3 aliphatic rings. The molecule has 0 amide bonds. The van der Waals surface area contributed by atoms with Crippen molar-refractivity contribution in [1.29, 1.82) is 0 Å². The lowest BCUT2D eigenvalue weighted by molar-refractivity contribution is 0.00949. The highest BCUT2D eigenvalue weighted by Crippen LogP contribution is 2.25. The Balaban J connectivity index is 1.54. The molecule has 0 bridgehead atoms. The number of hydrogen-bond donors (Lipinski definition) is 1. The summed E-state index contributed by atoms with van der Waals surface area (Å²) in [7, 11) is 0. The van der Waals surface area contributed by atoms with Gasteiger partial charge in [0.05, 0.1) is 6.61 Å². The molecule has 0 radical (unpaired) electrons. The molecule has 4 atom stereocenters. The number of nitrogens with two attached hydrogens (primary N) is 1. The van der Waals surface area contributed by atoms with Crippen molar-refractivity contribution < 1.29 is 4.74 Å². The summed E-state index contributed by atoms with van der Waals surface area (Å²) in [5, 5.41) is 0. The number of piperazine rings is 1. The number of nitrogens with zero attached hydrogens (tertiary/aromatic N) is 2. The zero-order chi connectivity index (χ0) is 13.2. The summed E-state index contributed by atoms with van der Waals surface area (Å²) in [4.78, 5) is 5.34. The van der Waals surface area contributed by atoms with Crippen LogP contribution in [0.3, 0.4) is 0 Å². The Morgan fingerprint density at radius 3 is 2.95 bits per heavy atom. The molecule has 3 aliphatic heterocycles.